The molecule has 8 heteroatoms. The van der Waals surface area contributed by atoms with E-state index in [2.05, 4.69) is 5.32 Å². The van der Waals surface area contributed by atoms with Crippen LogP contribution in [-0.2, 0) is 5.60 Å². The Morgan fingerprint density at radius 2 is 1.82 bits per heavy atom. The van der Waals surface area contributed by atoms with E-state index in [-0.39, 0.29) is 29.5 Å². The molecule has 0 radical (unpaired) electrons. The molecule has 148 valence electrons. The number of benzene rings is 2. The van der Waals surface area contributed by atoms with Gasteiger partial charge in [-0.15, -0.1) is 0 Å². The van der Waals surface area contributed by atoms with Gasteiger partial charge in [-0.25, -0.2) is 0 Å². The van der Waals surface area contributed by atoms with Crippen molar-refractivity contribution in [3.63, 3.8) is 0 Å². The summed E-state index contributed by atoms with van der Waals surface area (Å²) >= 11 is 0. The van der Waals surface area contributed by atoms with E-state index in [0.29, 0.717) is 5.56 Å². The average molecular weight is 386 g/mol. The van der Waals surface area contributed by atoms with E-state index in [1.165, 1.54) is 20.3 Å². The molecule has 1 aliphatic carbocycles. The third-order valence-electron chi connectivity index (χ3n) is 4.99. The first-order valence-electron chi connectivity index (χ1n) is 8.87. The van der Waals surface area contributed by atoms with Crippen molar-refractivity contribution in [2.75, 3.05) is 20.8 Å². The first-order chi connectivity index (χ1) is 13.4. The summed E-state index contributed by atoms with van der Waals surface area (Å²) in [5.74, 6) is -0.262. The molecule has 0 aliphatic heterocycles. The Balaban J connectivity index is 1.87. The van der Waals surface area contributed by atoms with Crippen molar-refractivity contribution in [2.24, 2.45) is 5.92 Å². The van der Waals surface area contributed by atoms with Crippen molar-refractivity contribution in [1.29, 1.82) is 0 Å². The van der Waals surface area contributed by atoms with Crippen molar-refractivity contribution in [3.05, 3.63) is 63.7 Å². The number of rotatable bonds is 8. The van der Waals surface area contributed by atoms with Crippen LogP contribution in [0.25, 0.3) is 0 Å². The predicted molar refractivity (Wildman–Crippen MR) is 102 cm³/mol. The van der Waals surface area contributed by atoms with Gasteiger partial charge in [0, 0.05) is 6.07 Å². The van der Waals surface area contributed by atoms with Crippen molar-refractivity contribution in [1.82, 2.24) is 5.32 Å². The lowest BCUT2D eigenvalue weighted by atomic mass is 9.88. The zero-order chi connectivity index (χ0) is 20.3. The van der Waals surface area contributed by atoms with Crippen LogP contribution >= 0.6 is 0 Å². The van der Waals surface area contributed by atoms with Gasteiger partial charge >= 0.3 is 0 Å². The quantitative estimate of drug-likeness (QED) is 0.533. The largest absolute Gasteiger partial charge is 0.493 e. The molecule has 0 spiro atoms. The van der Waals surface area contributed by atoms with Crippen LogP contribution in [0.4, 0.5) is 5.69 Å². The highest BCUT2D eigenvalue weighted by atomic mass is 16.6. The van der Waals surface area contributed by atoms with Crippen molar-refractivity contribution in [3.8, 4) is 11.5 Å². The molecular formula is C20H22N2O6. The summed E-state index contributed by atoms with van der Waals surface area (Å²) in [4.78, 5) is 23.5. The van der Waals surface area contributed by atoms with E-state index in [1.54, 1.807) is 0 Å². The van der Waals surface area contributed by atoms with E-state index in [4.69, 9.17) is 9.47 Å². The van der Waals surface area contributed by atoms with Gasteiger partial charge in [0.1, 0.15) is 11.2 Å². The molecule has 1 aliphatic rings. The van der Waals surface area contributed by atoms with E-state index >= 15 is 0 Å². The number of nitro groups is 1. The van der Waals surface area contributed by atoms with E-state index in [9.17, 15) is 20.0 Å². The number of carbonyl (C=O) groups is 1. The van der Waals surface area contributed by atoms with Gasteiger partial charge in [-0.05, 0) is 24.3 Å². The third kappa shape index (κ3) is 3.77. The first kappa shape index (κ1) is 19.6. The second-order valence-electron chi connectivity index (χ2n) is 6.73. The molecule has 2 aromatic rings. The molecular weight excluding hydrogens is 364 g/mol. The Kier molecular flexibility index (Phi) is 5.51. The fraction of sp³-hybridized carbons (Fsp3) is 0.350. The standard InChI is InChI=1S/C20H22N2O6/c1-27-17-10-15(16(22(25)26)11-18(17)28-2)19(23)21-12-20(24,14-8-9-14)13-6-4-3-5-7-13/h3-7,10-11,14,24H,8-9,12H2,1-2H3,(H,21,23). The van der Waals surface area contributed by atoms with E-state index in [1.807, 2.05) is 30.3 Å². The fourth-order valence-electron chi connectivity index (χ4n) is 3.28. The molecule has 2 aromatic carbocycles. The maximum absolute atomic E-state index is 12.7. The number of nitrogens with zero attached hydrogens (tertiary/aromatic N) is 1. The van der Waals surface area contributed by atoms with Gasteiger partial charge in [0.25, 0.3) is 11.6 Å². The number of ether oxygens (including phenoxy) is 2. The Hall–Kier alpha value is -3.13. The predicted octanol–water partition coefficient (Wildman–Crippen LogP) is 2.64. The minimum atomic E-state index is -1.22. The number of amides is 1. The Morgan fingerprint density at radius 1 is 1.21 bits per heavy atom. The van der Waals surface area contributed by atoms with Crippen LogP contribution in [0.5, 0.6) is 11.5 Å². The number of hydrogen-bond donors (Lipinski definition) is 2. The van der Waals surface area contributed by atoms with Gasteiger partial charge in [0.05, 0.1) is 31.8 Å². The van der Waals surface area contributed by atoms with Crippen LogP contribution in [0.15, 0.2) is 42.5 Å². The Labute approximate surface area is 162 Å². The van der Waals surface area contributed by atoms with Crippen LogP contribution in [0, 0.1) is 16.0 Å². The SMILES string of the molecule is COc1cc(C(=O)NCC(O)(c2ccccc2)C2CC2)c([N+](=O)[O-])cc1OC. The lowest BCUT2D eigenvalue weighted by Gasteiger charge is -2.29. The summed E-state index contributed by atoms with van der Waals surface area (Å²) in [5, 5.41) is 25.3. The molecule has 28 heavy (non-hydrogen) atoms. The van der Waals surface area contributed by atoms with Gasteiger partial charge in [0.2, 0.25) is 0 Å². The number of hydrogen-bond acceptors (Lipinski definition) is 6. The number of aliphatic hydroxyl groups is 1. The molecule has 0 heterocycles. The van der Waals surface area contributed by atoms with Crippen LogP contribution in [0.3, 0.4) is 0 Å². The highest BCUT2D eigenvalue weighted by Crippen LogP contribution is 2.45. The van der Waals surface area contributed by atoms with Crippen LogP contribution < -0.4 is 14.8 Å². The average Bonchev–Trinajstić information content (AvgIpc) is 3.57. The molecule has 1 saturated carbocycles. The summed E-state index contributed by atoms with van der Waals surface area (Å²) in [6.07, 6.45) is 1.72. The minimum absolute atomic E-state index is 0.0376. The zero-order valence-electron chi connectivity index (χ0n) is 15.7. The second-order valence-corrected chi connectivity index (χ2v) is 6.73. The fourth-order valence-corrected chi connectivity index (χ4v) is 3.28. The topological polar surface area (TPSA) is 111 Å². The summed E-state index contributed by atoms with van der Waals surface area (Å²) in [5.41, 5.74) is -1.07. The molecule has 0 aromatic heterocycles. The summed E-state index contributed by atoms with van der Waals surface area (Å²) in [7, 11) is 2.74. The number of methoxy groups -OCH3 is 2. The molecule has 1 atom stereocenters. The molecule has 2 N–H and O–H groups in total. The number of carbonyl (C=O) groups excluding carboxylic acids is 1. The molecule has 3 rings (SSSR count). The molecule has 0 bridgehead atoms. The molecule has 1 unspecified atom stereocenters. The Morgan fingerprint density at radius 3 is 2.36 bits per heavy atom. The second kappa shape index (κ2) is 7.85. The number of nitro benzene ring substituents is 1. The lowest BCUT2D eigenvalue weighted by molar-refractivity contribution is -0.385. The monoisotopic (exact) mass is 386 g/mol. The maximum atomic E-state index is 12.7. The van der Waals surface area contributed by atoms with Crippen LogP contribution in [0.2, 0.25) is 0 Å². The number of nitrogens with one attached hydrogen (secondary N) is 1. The van der Waals surface area contributed by atoms with Gasteiger partial charge < -0.3 is 19.9 Å². The maximum Gasteiger partial charge on any atom is 0.286 e. The van der Waals surface area contributed by atoms with Crippen LogP contribution in [0.1, 0.15) is 28.8 Å². The minimum Gasteiger partial charge on any atom is -0.493 e. The van der Waals surface area contributed by atoms with Crippen molar-refractivity contribution < 1.29 is 24.3 Å². The van der Waals surface area contributed by atoms with Crippen molar-refractivity contribution >= 4 is 11.6 Å². The molecule has 1 amide bonds. The lowest BCUT2D eigenvalue weighted by Crippen LogP contribution is -2.42. The summed E-state index contributed by atoms with van der Waals surface area (Å²) in [6, 6.07) is 11.5. The third-order valence-corrected chi connectivity index (χ3v) is 4.99. The highest BCUT2D eigenvalue weighted by Gasteiger charge is 2.45. The first-order valence-corrected chi connectivity index (χ1v) is 8.87. The van der Waals surface area contributed by atoms with Crippen LogP contribution in [-0.4, -0.2) is 36.7 Å². The van der Waals surface area contributed by atoms with Gasteiger partial charge in [-0.1, -0.05) is 30.3 Å². The Bertz CT molecular complexity index is 882. The zero-order valence-corrected chi connectivity index (χ0v) is 15.7. The van der Waals surface area contributed by atoms with E-state index in [0.717, 1.165) is 18.9 Å². The van der Waals surface area contributed by atoms with Gasteiger partial charge in [0.15, 0.2) is 11.5 Å². The normalized spacial score (nSPS) is 15.4. The van der Waals surface area contributed by atoms with Gasteiger partial charge in [-0.2, -0.15) is 0 Å². The smallest absolute Gasteiger partial charge is 0.286 e. The molecule has 1 fully saturated rings. The molecule has 0 saturated heterocycles. The van der Waals surface area contributed by atoms with Gasteiger partial charge in [-0.3, -0.25) is 14.9 Å². The van der Waals surface area contributed by atoms with Crippen molar-refractivity contribution in [2.45, 2.75) is 18.4 Å². The summed E-state index contributed by atoms with van der Waals surface area (Å²) < 4.78 is 10.2. The van der Waals surface area contributed by atoms with E-state index < -0.39 is 22.1 Å². The molecule has 8 nitrogen and oxygen atoms in total. The summed E-state index contributed by atoms with van der Waals surface area (Å²) in [6.45, 7) is -0.0496. The highest BCUT2D eigenvalue weighted by molar-refractivity contribution is 5.99.